The van der Waals surface area contributed by atoms with Gasteiger partial charge in [-0.3, -0.25) is 9.48 Å². The molecular weight excluding hydrogens is 352 g/mol. The number of aromatic amines is 1. The fourth-order valence-corrected chi connectivity index (χ4v) is 2.59. The minimum absolute atomic E-state index is 0.0719. The molecule has 0 radical (unpaired) electrons. The van der Waals surface area contributed by atoms with E-state index in [9.17, 15) is 22.4 Å². The van der Waals surface area contributed by atoms with E-state index in [1.54, 1.807) is 20.0 Å². The molecule has 0 aliphatic rings. The van der Waals surface area contributed by atoms with E-state index < -0.39 is 23.6 Å². The van der Waals surface area contributed by atoms with Crippen molar-refractivity contribution in [2.24, 2.45) is 0 Å². The highest BCUT2D eigenvalue weighted by atomic mass is 19.4. The lowest BCUT2D eigenvalue weighted by atomic mass is 10.0. The largest absolute Gasteiger partial charge is 0.416 e. The first-order valence-electron chi connectivity index (χ1n) is 7.64. The van der Waals surface area contributed by atoms with Gasteiger partial charge in [0.2, 0.25) is 0 Å². The average molecular weight is 366 g/mol. The Morgan fingerprint density at radius 1 is 1.23 bits per heavy atom. The van der Waals surface area contributed by atoms with Gasteiger partial charge in [0.25, 0.3) is 5.56 Å². The van der Waals surface area contributed by atoms with Gasteiger partial charge in [-0.2, -0.15) is 18.3 Å². The van der Waals surface area contributed by atoms with Gasteiger partial charge >= 0.3 is 6.18 Å². The van der Waals surface area contributed by atoms with Gasteiger partial charge < -0.3 is 4.98 Å². The topological polar surface area (TPSA) is 63.6 Å². The van der Waals surface area contributed by atoms with Gasteiger partial charge in [-0.15, -0.1) is 0 Å². The zero-order valence-corrected chi connectivity index (χ0v) is 13.8. The lowest BCUT2D eigenvalue weighted by Gasteiger charge is -2.15. The van der Waals surface area contributed by atoms with E-state index in [1.807, 2.05) is 0 Å². The van der Waals surface area contributed by atoms with Crippen molar-refractivity contribution >= 4 is 0 Å². The average Bonchev–Trinajstić information content (AvgIpc) is 3.02. The Morgan fingerprint density at radius 2 is 1.96 bits per heavy atom. The van der Waals surface area contributed by atoms with E-state index in [4.69, 9.17) is 0 Å². The number of alkyl halides is 3. The number of benzene rings is 1. The van der Waals surface area contributed by atoms with Crippen molar-refractivity contribution in [2.45, 2.75) is 26.1 Å². The summed E-state index contributed by atoms with van der Waals surface area (Å²) in [6, 6.07) is 3.06. The summed E-state index contributed by atoms with van der Waals surface area (Å²) in [4.78, 5) is 18.3. The molecule has 9 heteroatoms. The van der Waals surface area contributed by atoms with Gasteiger partial charge in [-0.25, -0.2) is 9.37 Å². The predicted molar refractivity (Wildman–Crippen MR) is 86.0 cm³/mol. The highest BCUT2D eigenvalue weighted by Crippen LogP contribution is 2.32. The summed E-state index contributed by atoms with van der Waals surface area (Å²) >= 11 is 0. The molecule has 0 aliphatic heterocycles. The van der Waals surface area contributed by atoms with Crippen molar-refractivity contribution in [3.8, 4) is 11.3 Å². The quantitative estimate of drug-likeness (QED) is 0.719. The second kappa shape index (κ2) is 6.40. The van der Waals surface area contributed by atoms with Crippen molar-refractivity contribution in [3.05, 3.63) is 69.8 Å². The maximum absolute atomic E-state index is 14.2. The first kappa shape index (κ1) is 17.8. The summed E-state index contributed by atoms with van der Waals surface area (Å²) in [5.41, 5.74) is -0.351. The summed E-state index contributed by atoms with van der Waals surface area (Å²) in [7, 11) is 0. The van der Waals surface area contributed by atoms with Crippen LogP contribution in [0, 0.1) is 12.7 Å². The van der Waals surface area contributed by atoms with Crippen LogP contribution in [0.4, 0.5) is 17.6 Å². The third-order valence-corrected chi connectivity index (χ3v) is 3.93. The molecule has 0 saturated carbocycles. The van der Waals surface area contributed by atoms with Crippen LogP contribution >= 0.6 is 0 Å². The molecule has 0 saturated heterocycles. The van der Waals surface area contributed by atoms with Gasteiger partial charge in [0, 0.05) is 23.4 Å². The van der Waals surface area contributed by atoms with Gasteiger partial charge in [-0.05, 0) is 26.0 Å². The molecule has 0 bridgehead atoms. The predicted octanol–water partition coefficient (Wildman–Crippen LogP) is 3.71. The maximum atomic E-state index is 14.2. The Kier molecular flexibility index (Phi) is 4.39. The Balaban J connectivity index is 1.93. The van der Waals surface area contributed by atoms with Crippen LogP contribution in [-0.4, -0.2) is 19.7 Å². The molecule has 1 atom stereocenters. The molecule has 0 spiro atoms. The number of hydrogen-bond acceptors (Lipinski definition) is 3. The normalized spacial score (nSPS) is 13.0. The molecule has 0 aliphatic carbocycles. The van der Waals surface area contributed by atoms with E-state index in [0.29, 0.717) is 23.1 Å². The minimum Gasteiger partial charge on any atom is -0.311 e. The van der Waals surface area contributed by atoms with Gasteiger partial charge in [0.15, 0.2) is 0 Å². The standard InChI is InChI=1S/C17H14F4N4O/c1-9(13-4-3-12(5-14(13)18)17(19,20)21)25-8-11(7-22-25)15-6-16(26)24-10(2)23-15/h3-9H,1-2H3,(H,23,24,26)/t9-/m1/s1. The number of aryl methyl sites for hydroxylation is 1. The summed E-state index contributed by atoms with van der Waals surface area (Å²) in [6.07, 6.45) is -1.59. The zero-order chi connectivity index (χ0) is 19.1. The Morgan fingerprint density at radius 3 is 2.58 bits per heavy atom. The van der Waals surface area contributed by atoms with Crippen LogP contribution in [0.5, 0.6) is 0 Å². The van der Waals surface area contributed by atoms with Gasteiger partial charge in [0.1, 0.15) is 11.6 Å². The molecule has 1 N–H and O–H groups in total. The third-order valence-electron chi connectivity index (χ3n) is 3.93. The monoisotopic (exact) mass is 366 g/mol. The molecule has 3 rings (SSSR count). The van der Waals surface area contributed by atoms with Crippen molar-refractivity contribution in [1.29, 1.82) is 0 Å². The highest BCUT2D eigenvalue weighted by Gasteiger charge is 2.31. The lowest BCUT2D eigenvalue weighted by Crippen LogP contribution is -2.11. The van der Waals surface area contributed by atoms with Crippen molar-refractivity contribution < 1.29 is 17.6 Å². The number of rotatable bonds is 3. The molecular formula is C17H14F4N4O. The minimum atomic E-state index is -4.61. The van der Waals surface area contributed by atoms with Crippen LogP contribution in [0.25, 0.3) is 11.3 Å². The van der Waals surface area contributed by atoms with Crippen LogP contribution in [0.2, 0.25) is 0 Å². The van der Waals surface area contributed by atoms with Crippen molar-refractivity contribution in [3.63, 3.8) is 0 Å². The van der Waals surface area contributed by atoms with Crippen LogP contribution < -0.4 is 5.56 Å². The van der Waals surface area contributed by atoms with Crippen molar-refractivity contribution in [1.82, 2.24) is 19.7 Å². The molecule has 136 valence electrons. The number of nitrogens with zero attached hydrogens (tertiary/aromatic N) is 3. The fraction of sp³-hybridized carbons (Fsp3) is 0.235. The Bertz CT molecular complexity index is 1010. The molecule has 5 nitrogen and oxygen atoms in total. The second-order valence-electron chi connectivity index (χ2n) is 5.84. The van der Waals surface area contributed by atoms with E-state index in [1.165, 1.54) is 16.9 Å². The number of H-pyrrole nitrogens is 1. The Labute approximate surface area is 145 Å². The molecule has 0 amide bonds. The number of halogens is 4. The smallest absolute Gasteiger partial charge is 0.311 e. The summed E-state index contributed by atoms with van der Waals surface area (Å²) in [6.45, 7) is 3.24. The molecule has 1 aromatic carbocycles. The maximum Gasteiger partial charge on any atom is 0.416 e. The summed E-state index contributed by atoms with van der Waals surface area (Å²) in [5.74, 6) is -0.531. The molecule has 2 aromatic heterocycles. The van der Waals surface area contributed by atoms with Crippen LogP contribution in [0.3, 0.4) is 0 Å². The first-order valence-corrected chi connectivity index (χ1v) is 7.64. The van der Waals surface area contributed by atoms with Crippen LogP contribution in [0.15, 0.2) is 41.5 Å². The van der Waals surface area contributed by atoms with E-state index in [-0.39, 0.29) is 11.1 Å². The zero-order valence-electron chi connectivity index (χ0n) is 13.8. The van der Waals surface area contributed by atoms with Crippen LogP contribution in [-0.2, 0) is 6.18 Å². The molecule has 3 aromatic rings. The number of nitrogens with one attached hydrogen (secondary N) is 1. The van der Waals surface area contributed by atoms with Gasteiger partial charge in [0.05, 0.1) is 23.5 Å². The van der Waals surface area contributed by atoms with Crippen molar-refractivity contribution in [2.75, 3.05) is 0 Å². The first-order chi connectivity index (χ1) is 12.1. The third kappa shape index (κ3) is 3.51. The molecule has 0 fully saturated rings. The number of aromatic nitrogens is 4. The van der Waals surface area contributed by atoms with E-state index in [2.05, 4.69) is 15.1 Å². The molecule has 26 heavy (non-hydrogen) atoms. The SMILES string of the molecule is Cc1nc(-c2cnn([C@H](C)c3ccc(C(F)(F)F)cc3F)c2)cc(=O)[nH]1. The number of hydrogen-bond donors (Lipinski definition) is 1. The van der Waals surface area contributed by atoms with E-state index >= 15 is 0 Å². The van der Waals surface area contributed by atoms with E-state index in [0.717, 1.165) is 12.1 Å². The second-order valence-corrected chi connectivity index (χ2v) is 5.84. The highest BCUT2D eigenvalue weighted by molar-refractivity contribution is 5.56. The van der Waals surface area contributed by atoms with Crippen LogP contribution in [0.1, 0.15) is 29.9 Å². The molecule has 0 unspecified atom stereocenters. The summed E-state index contributed by atoms with van der Waals surface area (Å²) in [5, 5.41) is 4.12. The lowest BCUT2D eigenvalue weighted by molar-refractivity contribution is -0.137. The summed E-state index contributed by atoms with van der Waals surface area (Å²) < 4.78 is 53.5. The van der Waals surface area contributed by atoms with Gasteiger partial charge in [-0.1, -0.05) is 6.07 Å². The molecule has 2 heterocycles. The fourth-order valence-electron chi connectivity index (χ4n) is 2.59. The Hall–Kier alpha value is -2.97.